The highest BCUT2D eigenvalue weighted by molar-refractivity contribution is 5.97. The van der Waals surface area contributed by atoms with Crippen molar-refractivity contribution in [3.63, 3.8) is 0 Å². The van der Waals surface area contributed by atoms with Gasteiger partial charge in [0.15, 0.2) is 5.79 Å². The maximum atomic E-state index is 14.4. The van der Waals surface area contributed by atoms with Crippen LogP contribution in [0, 0.1) is 0 Å². The van der Waals surface area contributed by atoms with Crippen molar-refractivity contribution in [3.05, 3.63) is 89.0 Å². The molecule has 288 valence electrons. The van der Waals surface area contributed by atoms with E-state index in [2.05, 4.69) is 19.2 Å². The average molecular weight is 732 g/mol. The number of esters is 1. The summed E-state index contributed by atoms with van der Waals surface area (Å²) in [5.74, 6) is -2.43. The summed E-state index contributed by atoms with van der Waals surface area (Å²) in [6.07, 6.45) is 10.3. The molecular formula is C42H57N3O8. The van der Waals surface area contributed by atoms with E-state index in [-0.39, 0.29) is 43.7 Å². The number of likely N-dealkylation sites (N-methyl/N-ethyl adjacent to an activating group) is 2. The van der Waals surface area contributed by atoms with Gasteiger partial charge in [-0.25, -0.2) is 4.79 Å². The van der Waals surface area contributed by atoms with Crippen LogP contribution in [0.4, 0.5) is 0 Å². The number of fused-ring (bicyclic) bond motifs is 1. The fourth-order valence-corrected chi connectivity index (χ4v) is 6.79. The van der Waals surface area contributed by atoms with Crippen LogP contribution >= 0.6 is 0 Å². The molecule has 3 amide bonds. The minimum atomic E-state index is -0.880. The van der Waals surface area contributed by atoms with Gasteiger partial charge in [-0.1, -0.05) is 82.0 Å². The van der Waals surface area contributed by atoms with E-state index < -0.39 is 36.1 Å². The number of rotatable bonds is 19. The lowest BCUT2D eigenvalue weighted by molar-refractivity contribution is -0.190. The van der Waals surface area contributed by atoms with E-state index >= 15 is 0 Å². The average Bonchev–Trinajstić information content (AvgIpc) is 3.53. The molecular weight excluding hydrogens is 674 g/mol. The van der Waals surface area contributed by atoms with Gasteiger partial charge >= 0.3 is 5.97 Å². The Bertz CT molecular complexity index is 1580. The van der Waals surface area contributed by atoms with Gasteiger partial charge in [-0.3, -0.25) is 14.4 Å². The fourth-order valence-electron chi connectivity index (χ4n) is 6.79. The van der Waals surface area contributed by atoms with Gasteiger partial charge in [-0.05, 0) is 48.3 Å². The van der Waals surface area contributed by atoms with Crippen molar-refractivity contribution < 1.29 is 38.5 Å². The maximum absolute atomic E-state index is 14.4. The van der Waals surface area contributed by atoms with Crippen LogP contribution in [0.15, 0.2) is 72.3 Å². The highest BCUT2D eigenvalue weighted by Crippen LogP contribution is 2.43. The lowest BCUT2D eigenvalue weighted by atomic mass is 9.90. The smallest absolute Gasteiger partial charge is 0.338 e. The molecule has 4 atom stereocenters. The molecule has 1 aliphatic carbocycles. The van der Waals surface area contributed by atoms with Gasteiger partial charge in [0.2, 0.25) is 17.7 Å². The second-order valence-corrected chi connectivity index (χ2v) is 14.2. The van der Waals surface area contributed by atoms with Crippen LogP contribution in [-0.4, -0.2) is 103 Å². The van der Waals surface area contributed by atoms with Crippen molar-refractivity contribution in [1.82, 2.24) is 15.1 Å². The van der Waals surface area contributed by atoms with E-state index in [4.69, 9.17) is 14.2 Å². The summed E-state index contributed by atoms with van der Waals surface area (Å²) in [6, 6.07) is 15.4. The van der Waals surface area contributed by atoms with Gasteiger partial charge < -0.3 is 34.4 Å². The Morgan fingerprint density at radius 1 is 0.962 bits per heavy atom. The third kappa shape index (κ3) is 11.6. The first kappa shape index (κ1) is 41.4. The number of nitrogens with zero attached hydrogens (tertiary/aromatic N) is 2. The number of unbranched alkanes of at least 4 members (excludes halogenated alkanes) is 4. The number of carbonyl (C=O) groups is 4. The third-order valence-corrected chi connectivity index (χ3v) is 9.79. The number of benzene rings is 2. The molecule has 1 aliphatic heterocycles. The van der Waals surface area contributed by atoms with Crippen LogP contribution in [-0.2, 0) is 35.0 Å². The first-order valence-electron chi connectivity index (χ1n) is 19.0. The molecule has 11 nitrogen and oxygen atoms in total. The predicted molar refractivity (Wildman–Crippen MR) is 204 cm³/mol. The number of hydrogen-bond acceptors (Lipinski definition) is 8. The summed E-state index contributed by atoms with van der Waals surface area (Å²) < 4.78 is 19.8. The number of ether oxygens (including phenoxy) is 3. The summed E-state index contributed by atoms with van der Waals surface area (Å²) in [5.41, 5.74) is 2.18. The number of amides is 3. The lowest BCUT2D eigenvalue weighted by Gasteiger charge is -2.33. The summed E-state index contributed by atoms with van der Waals surface area (Å²) >= 11 is 0. The minimum absolute atomic E-state index is 0.0584. The van der Waals surface area contributed by atoms with Crippen LogP contribution in [0.2, 0.25) is 0 Å². The highest BCUT2D eigenvalue weighted by atomic mass is 16.8. The van der Waals surface area contributed by atoms with E-state index in [9.17, 15) is 24.3 Å². The third-order valence-electron chi connectivity index (χ3n) is 9.79. The van der Waals surface area contributed by atoms with Crippen molar-refractivity contribution in [2.75, 3.05) is 34.3 Å². The van der Waals surface area contributed by atoms with Gasteiger partial charge in [0, 0.05) is 65.0 Å². The Morgan fingerprint density at radius 3 is 2.30 bits per heavy atom. The van der Waals surface area contributed by atoms with Crippen LogP contribution < -0.4 is 5.32 Å². The molecule has 1 saturated heterocycles. The van der Waals surface area contributed by atoms with E-state index in [0.717, 1.165) is 44.1 Å². The maximum Gasteiger partial charge on any atom is 0.338 e. The molecule has 0 radical (unpaired) electrons. The van der Waals surface area contributed by atoms with Crippen molar-refractivity contribution >= 4 is 29.8 Å². The van der Waals surface area contributed by atoms with E-state index in [0.29, 0.717) is 29.5 Å². The Kier molecular flexibility index (Phi) is 15.8. The number of hydrogen-bond donors (Lipinski definition) is 2. The predicted octanol–water partition coefficient (Wildman–Crippen LogP) is 5.46. The normalized spacial score (nSPS) is 19.6. The zero-order valence-corrected chi connectivity index (χ0v) is 31.9. The molecule has 4 unspecified atom stereocenters. The first-order chi connectivity index (χ1) is 25.5. The Balaban J connectivity index is 1.65. The summed E-state index contributed by atoms with van der Waals surface area (Å²) in [6.45, 7) is 4.12. The van der Waals surface area contributed by atoms with E-state index in [1.165, 1.54) is 15.9 Å². The molecule has 11 heteroatoms. The first-order valence-corrected chi connectivity index (χ1v) is 19.0. The topological polar surface area (TPSA) is 135 Å². The molecule has 2 aromatic carbocycles. The van der Waals surface area contributed by atoms with Crippen LogP contribution in [0.3, 0.4) is 0 Å². The Hall–Kier alpha value is -4.32. The van der Waals surface area contributed by atoms with E-state index in [1.807, 2.05) is 30.3 Å². The molecule has 4 rings (SSSR count). The van der Waals surface area contributed by atoms with Crippen LogP contribution in [0.25, 0.3) is 6.08 Å². The molecule has 2 N–H and O–H groups in total. The van der Waals surface area contributed by atoms with Gasteiger partial charge in [0.05, 0.1) is 12.2 Å². The quantitative estimate of drug-likeness (QED) is 0.111. The van der Waals surface area contributed by atoms with Crippen molar-refractivity contribution in [2.45, 2.75) is 108 Å². The molecule has 2 aromatic rings. The minimum Gasteiger partial charge on any atom is -0.456 e. The van der Waals surface area contributed by atoms with Crippen molar-refractivity contribution in [2.24, 2.45) is 0 Å². The van der Waals surface area contributed by atoms with Crippen molar-refractivity contribution in [1.29, 1.82) is 0 Å². The second kappa shape index (κ2) is 20.2. The van der Waals surface area contributed by atoms with E-state index in [1.54, 1.807) is 57.6 Å². The van der Waals surface area contributed by atoms with Crippen LogP contribution in [0.1, 0.15) is 93.1 Å². The van der Waals surface area contributed by atoms with Gasteiger partial charge in [-0.2, -0.15) is 0 Å². The Labute approximate surface area is 314 Å². The van der Waals surface area contributed by atoms with Crippen molar-refractivity contribution in [3.8, 4) is 0 Å². The number of carbonyl (C=O) groups excluding carboxylic acids is 4. The molecule has 1 heterocycles. The number of aliphatic hydroxyl groups is 1. The highest BCUT2D eigenvalue weighted by Gasteiger charge is 2.52. The summed E-state index contributed by atoms with van der Waals surface area (Å²) in [7, 11) is 4.92. The number of nitrogens with one attached hydrogen (secondary N) is 1. The second-order valence-electron chi connectivity index (χ2n) is 14.2. The summed E-state index contributed by atoms with van der Waals surface area (Å²) in [4.78, 5) is 56.5. The zero-order valence-electron chi connectivity index (χ0n) is 31.9. The molecule has 0 aromatic heterocycles. The standard InChI is InChI=1S/C42H57N3O8/c1-6-8-13-22-42(23-14-9-7-2)52-36-29-33(40(49)45(5)34(39(48)43-24-25-46)27-30-16-11-10-12-17-30)28-35(38(36)53-42)51-41(50)32-19-15-18-31(26-32)20-21-37(47)44(3)4/h10-12,15-21,26,29,34-36,38,46H,6-9,13-14,22-25,27-28H2,1-5H3,(H,43,48). The molecule has 2 aliphatic rings. The molecule has 1 fully saturated rings. The molecule has 0 saturated carbocycles. The number of aliphatic hydroxyl groups excluding tert-OH is 1. The Morgan fingerprint density at radius 2 is 1.66 bits per heavy atom. The monoisotopic (exact) mass is 731 g/mol. The SMILES string of the molecule is CCCCCC1(CCCCC)OC2C=C(C(=O)N(C)C(Cc3ccccc3)C(=O)NCCO)CC(OC(=O)c3cccc(C=CC(=O)N(C)C)c3)C2O1. The van der Waals surface area contributed by atoms with Gasteiger partial charge in [-0.15, -0.1) is 0 Å². The zero-order chi connectivity index (χ0) is 38.4. The fraction of sp³-hybridized carbons (Fsp3) is 0.524. The van der Waals surface area contributed by atoms with Gasteiger partial charge in [0.25, 0.3) is 0 Å². The molecule has 0 spiro atoms. The summed E-state index contributed by atoms with van der Waals surface area (Å²) in [5, 5.41) is 12.1. The van der Waals surface area contributed by atoms with Gasteiger partial charge in [0.1, 0.15) is 24.4 Å². The molecule has 0 bridgehead atoms. The molecule has 53 heavy (non-hydrogen) atoms. The largest absolute Gasteiger partial charge is 0.456 e. The lowest BCUT2D eigenvalue weighted by Crippen LogP contribution is -2.51. The van der Waals surface area contributed by atoms with Crippen LogP contribution in [0.5, 0.6) is 0 Å².